The third-order valence-corrected chi connectivity index (χ3v) is 4.15. The average molecular weight is 346 g/mol. The summed E-state index contributed by atoms with van der Waals surface area (Å²) >= 11 is 5.98. The van der Waals surface area contributed by atoms with Gasteiger partial charge in [-0.2, -0.15) is 0 Å². The number of halogens is 1. The summed E-state index contributed by atoms with van der Waals surface area (Å²) in [7, 11) is 0. The largest absolute Gasteiger partial charge is 0.481 e. The van der Waals surface area contributed by atoms with Gasteiger partial charge < -0.3 is 10.1 Å². The van der Waals surface area contributed by atoms with Gasteiger partial charge in [0.1, 0.15) is 5.75 Å². The van der Waals surface area contributed by atoms with E-state index in [-0.39, 0.29) is 5.91 Å². The first kappa shape index (κ1) is 18.3. The summed E-state index contributed by atoms with van der Waals surface area (Å²) in [6, 6.07) is 13.2. The molecule has 24 heavy (non-hydrogen) atoms. The summed E-state index contributed by atoms with van der Waals surface area (Å²) in [5.74, 6) is 0.779. The first-order chi connectivity index (χ1) is 11.4. The predicted octanol–water partition coefficient (Wildman–Crippen LogP) is 5.57. The first-order valence-corrected chi connectivity index (χ1v) is 8.62. The third kappa shape index (κ3) is 4.51. The minimum Gasteiger partial charge on any atom is -0.481 e. The summed E-state index contributed by atoms with van der Waals surface area (Å²) < 4.78 is 5.82. The maximum atomic E-state index is 12.7. The van der Waals surface area contributed by atoms with Crippen molar-refractivity contribution in [2.75, 3.05) is 5.32 Å². The maximum Gasteiger partial charge on any atom is 0.265 e. The Morgan fingerprint density at radius 3 is 2.54 bits per heavy atom. The van der Waals surface area contributed by atoms with Gasteiger partial charge in [-0.3, -0.25) is 4.79 Å². The smallest absolute Gasteiger partial charge is 0.265 e. The van der Waals surface area contributed by atoms with Crippen LogP contribution in [0, 0.1) is 6.92 Å². The monoisotopic (exact) mass is 345 g/mol. The van der Waals surface area contributed by atoms with E-state index in [1.807, 2.05) is 32.0 Å². The van der Waals surface area contributed by atoms with Crippen LogP contribution in [0.2, 0.25) is 5.02 Å². The molecule has 128 valence electrons. The van der Waals surface area contributed by atoms with E-state index < -0.39 is 6.10 Å². The molecule has 0 aromatic heterocycles. The van der Waals surface area contributed by atoms with Crippen LogP contribution in [0.4, 0.5) is 5.69 Å². The van der Waals surface area contributed by atoms with Gasteiger partial charge in [-0.05, 0) is 48.6 Å². The van der Waals surface area contributed by atoms with Gasteiger partial charge >= 0.3 is 0 Å². The highest BCUT2D eigenvalue weighted by Gasteiger charge is 2.21. The Bertz CT molecular complexity index is 713. The number of ether oxygens (including phenoxy) is 1. The van der Waals surface area contributed by atoms with Crippen molar-refractivity contribution in [1.82, 2.24) is 0 Å². The molecule has 0 heterocycles. The van der Waals surface area contributed by atoms with E-state index in [0.29, 0.717) is 23.1 Å². The lowest BCUT2D eigenvalue weighted by molar-refractivity contribution is -0.122. The number of amides is 1. The number of carbonyl (C=O) groups is 1. The van der Waals surface area contributed by atoms with Crippen molar-refractivity contribution in [3.8, 4) is 5.75 Å². The molecular formula is C20H24ClNO2. The number of hydrogen-bond acceptors (Lipinski definition) is 2. The predicted molar refractivity (Wildman–Crippen MR) is 100 cm³/mol. The first-order valence-electron chi connectivity index (χ1n) is 8.25. The van der Waals surface area contributed by atoms with Crippen LogP contribution in [0.1, 0.15) is 44.2 Å². The Morgan fingerprint density at radius 2 is 1.92 bits per heavy atom. The lowest BCUT2D eigenvalue weighted by Crippen LogP contribution is -2.33. The van der Waals surface area contributed by atoms with E-state index in [2.05, 4.69) is 19.2 Å². The van der Waals surface area contributed by atoms with E-state index in [9.17, 15) is 4.79 Å². The van der Waals surface area contributed by atoms with E-state index in [1.54, 1.807) is 24.3 Å². The number of aryl methyl sites for hydroxylation is 1. The number of benzene rings is 2. The number of carbonyl (C=O) groups excluding carboxylic acids is 1. The van der Waals surface area contributed by atoms with Crippen LogP contribution in [-0.4, -0.2) is 12.0 Å². The molecule has 2 rings (SSSR count). The molecule has 0 unspecified atom stereocenters. The fraction of sp³-hybridized carbons (Fsp3) is 0.350. The highest BCUT2D eigenvalue weighted by atomic mass is 35.5. The fourth-order valence-corrected chi connectivity index (χ4v) is 2.75. The highest BCUT2D eigenvalue weighted by molar-refractivity contribution is 6.30. The van der Waals surface area contributed by atoms with Gasteiger partial charge in [-0.25, -0.2) is 0 Å². The van der Waals surface area contributed by atoms with Gasteiger partial charge in [-0.15, -0.1) is 0 Å². The van der Waals surface area contributed by atoms with Crippen LogP contribution >= 0.6 is 11.6 Å². The molecule has 0 saturated heterocycles. The van der Waals surface area contributed by atoms with Crippen molar-refractivity contribution in [3.63, 3.8) is 0 Å². The van der Waals surface area contributed by atoms with Gasteiger partial charge in [0.15, 0.2) is 6.10 Å². The second-order valence-corrected chi connectivity index (χ2v) is 6.59. The molecule has 0 saturated carbocycles. The third-order valence-electron chi connectivity index (χ3n) is 3.91. The normalized spacial score (nSPS) is 12.1. The molecule has 1 amide bonds. The van der Waals surface area contributed by atoms with Crippen molar-refractivity contribution in [2.24, 2.45) is 0 Å². The molecule has 4 heteroatoms. The van der Waals surface area contributed by atoms with Gasteiger partial charge in [0.05, 0.1) is 0 Å². The van der Waals surface area contributed by atoms with Crippen LogP contribution in [0.5, 0.6) is 5.75 Å². The molecule has 0 spiro atoms. The molecule has 0 aliphatic heterocycles. The van der Waals surface area contributed by atoms with Gasteiger partial charge in [-0.1, -0.05) is 56.6 Å². The molecule has 1 N–H and O–H groups in total. The Labute approximate surface area is 149 Å². The van der Waals surface area contributed by atoms with Crippen molar-refractivity contribution < 1.29 is 9.53 Å². The van der Waals surface area contributed by atoms with Gasteiger partial charge in [0.2, 0.25) is 0 Å². The number of hydrogen-bond donors (Lipinski definition) is 1. The molecule has 1 atom stereocenters. The Morgan fingerprint density at radius 1 is 1.21 bits per heavy atom. The van der Waals surface area contributed by atoms with E-state index in [1.165, 1.54) is 0 Å². The molecule has 0 fully saturated rings. The molecule has 2 aromatic carbocycles. The Kier molecular flexibility index (Phi) is 6.27. The second-order valence-electron chi connectivity index (χ2n) is 6.16. The van der Waals surface area contributed by atoms with Gasteiger partial charge in [0.25, 0.3) is 5.91 Å². The van der Waals surface area contributed by atoms with Crippen LogP contribution in [0.15, 0.2) is 42.5 Å². The van der Waals surface area contributed by atoms with Crippen molar-refractivity contribution >= 4 is 23.2 Å². The van der Waals surface area contributed by atoms with E-state index in [0.717, 1.165) is 16.8 Å². The van der Waals surface area contributed by atoms with E-state index >= 15 is 0 Å². The number of rotatable bonds is 6. The minimum atomic E-state index is -0.567. The van der Waals surface area contributed by atoms with Crippen molar-refractivity contribution in [1.29, 1.82) is 0 Å². The zero-order valence-corrected chi connectivity index (χ0v) is 15.4. The SMILES string of the molecule is CC[C@H](Oc1cccc(Cl)c1)C(=O)Nc1c(C)cccc1C(C)C. The molecule has 0 aliphatic carbocycles. The van der Waals surface area contributed by atoms with Crippen LogP contribution in [0.3, 0.4) is 0 Å². The van der Waals surface area contributed by atoms with Crippen molar-refractivity contribution in [2.45, 2.75) is 46.1 Å². The minimum absolute atomic E-state index is 0.145. The summed E-state index contributed by atoms with van der Waals surface area (Å²) in [6.45, 7) is 8.16. The zero-order valence-electron chi connectivity index (χ0n) is 14.6. The molecule has 0 bridgehead atoms. The van der Waals surface area contributed by atoms with Crippen LogP contribution in [0.25, 0.3) is 0 Å². The molecule has 2 aromatic rings. The Hall–Kier alpha value is -2.00. The second kappa shape index (κ2) is 8.20. The number of nitrogens with one attached hydrogen (secondary N) is 1. The topological polar surface area (TPSA) is 38.3 Å². The maximum absolute atomic E-state index is 12.7. The van der Waals surface area contributed by atoms with Crippen LogP contribution < -0.4 is 10.1 Å². The lowest BCUT2D eigenvalue weighted by Gasteiger charge is -2.21. The standard InChI is InChI=1S/C20H24ClNO2/c1-5-18(24-16-10-7-9-15(21)12-16)20(23)22-19-14(4)8-6-11-17(19)13(2)3/h6-13,18H,5H2,1-4H3,(H,22,23)/t18-/m0/s1. The van der Waals surface area contributed by atoms with Crippen LogP contribution in [-0.2, 0) is 4.79 Å². The zero-order chi connectivity index (χ0) is 17.7. The number of para-hydroxylation sites is 1. The average Bonchev–Trinajstić information content (AvgIpc) is 2.54. The molecule has 3 nitrogen and oxygen atoms in total. The van der Waals surface area contributed by atoms with E-state index in [4.69, 9.17) is 16.3 Å². The summed E-state index contributed by atoms with van der Waals surface area (Å²) in [4.78, 5) is 12.7. The van der Waals surface area contributed by atoms with Crippen molar-refractivity contribution in [3.05, 3.63) is 58.6 Å². The summed E-state index contributed by atoms with van der Waals surface area (Å²) in [6.07, 6.45) is 0.00409. The fourth-order valence-electron chi connectivity index (χ4n) is 2.57. The molecule has 0 aliphatic rings. The quantitative estimate of drug-likeness (QED) is 0.743. The molecule has 0 radical (unpaired) electrons. The highest BCUT2D eigenvalue weighted by Crippen LogP contribution is 2.28. The Balaban J connectivity index is 2.18. The molecular weight excluding hydrogens is 322 g/mol. The van der Waals surface area contributed by atoms with Gasteiger partial charge in [0, 0.05) is 10.7 Å². The summed E-state index contributed by atoms with van der Waals surface area (Å²) in [5.41, 5.74) is 3.05. The lowest BCUT2D eigenvalue weighted by atomic mass is 9.98. The summed E-state index contributed by atoms with van der Waals surface area (Å²) in [5, 5.41) is 3.64. The number of anilines is 1.